The molecule has 0 aliphatic rings. The number of nitrogens with zero attached hydrogens (tertiary/aromatic N) is 1. The SMILES string of the molecule is COc1ccc(-c2ccccc2)c(S(=O)(=O)NC(=O)c2ccc(COC(C)=O)nc2)c1. The molecule has 160 valence electrons. The third-order valence-corrected chi connectivity index (χ3v) is 5.67. The van der Waals surface area contributed by atoms with Gasteiger partial charge >= 0.3 is 5.97 Å². The number of esters is 1. The number of amides is 1. The molecule has 2 aromatic carbocycles. The lowest BCUT2D eigenvalue weighted by Gasteiger charge is -2.13. The highest BCUT2D eigenvalue weighted by Gasteiger charge is 2.24. The normalized spacial score (nSPS) is 10.9. The van der Waals surface area contributed by atoms with Crippen LogP contribution in [0.25, 0.3) is 11.1 Å². The molecule has 0 unspecified atom stereocenters. The highest BCUT2D eigenvalue weighted by Crippen LogP contribution is 2.30. The van der Waals surface area contributed by atoms with Gasteiger partial charge in [-0.05, 0) is 29.8 Å². The van der Waals surface area contributed by atoms with E-state index in [1.807, 2.05) is 6.07 Å². The van der Waals surface area contributed by atoms with Crippen molar-refractivity contribution in [1.29, 1.82) is 0 Å². The van der Waals surface area contributed by atoms with Gasteiger partial charge in [-0.15, -0.1) is 0 Å². The van der Waals surface area contributed by atoms with Gasteiger partial charge in [0.05, 0.1) is 23.3 Å². The monoisotopic (exact) mass is 440 g/mol. The van der Waals surface area contributed by atoms with Crippen molar-refractivity contribution in [3.8, 4) is 16.9 Å². The molecular weight excluding hydrogens is 420 g/mol. The number of benzene rings is 2. The molecular formula is C22H20N2O6S. The number of hydrogen-bond acceptors (Lipinski definition) is 7. The third-order valence-electron chi connectivity index (χ3n) is 4.30. The fraction of sp³-hybridized carbons (Fsp3) is 0.136. The van der Waals surface area contributed by atoms with Crippen molar-refractivity contribution in [1.82, 2.24) is 9.71 Å². The fourth-order valence-corrected chi connectivity index (χ4v) is 3.98. The van der Waals surface area contributed by atoms with Crippen LogP contribution in [0.1, 0.15) is 23.0 Å². The highest BCUT2D eigenvalue weighted by molar-refractivity contribution is 7.90. The van der Waals surface area contributed by atoms with Crippen LogP contribution in [0.15, 0.2) is 71.8 Å². The maximum atomic E-state index is 13.1. The van der Waals surface area contributed by atoms with Crippen molar-refractivity contribution >= 4 is 21.9 Å². The number of rotatable bonds is 7. The van der Waals surface area contributed by atoms with Gasteiger partial charge in [0.2, 0.25) is 0 Å². The van der Waals surface area contributed by atoms with Crippen LogP contribution < -0.4 is 9.46 Å². The molecule has 0 aliphatic heterocycles. The molecule has 3 rings (SSSR count). The van der Waals surface area contributed by atoms with E-state index >= 15 is 0 Å². The first-order chi connectivity index (χ1) is 14.8. The average Bonchev–Trinajstić information content (AvgIpc) is 2.78. The zero-order valence-electron chi connectivity index (χ0n) is 16.9. The van der Waals surface area contributed by atoms with E-state index < -0.39 is 21.9 Å². The van der Waals surface area contributed by atoms with Gasteiger partial charge in [0, 0.05) is 24.8 Å². The molecule has 31 heavy (non-hydrogen) atoms. The molecule has 0 saturated heterocycles. The molecule has 1 heterocycles. The van der Waals surface area contributed by atoms with E-state index in [1.165, 1.54) is 38.4 Å². The number of sulfonamides is 1. The molecule has 1 N–H and O–H groups in total. The van der Waals surface area contributed by atoms with Crippen LogP contribution >= 0.6 is 0 Å². The number of pyridine rings is 1. The Morgan fingerprint density at radius 2 is 1.77 bits per heavy atom. The van der Waals surface area contributed by atoms with Crippen LogP contribution in [0.5, 0.6) is 5.75 Å². The van der Waals surface area contributed by atoms with Gasteiger partial charge < -0.3 is 9.47 Å². The number of nitrogens with one attached hydrogen (secondary N) is 1. The minimum Gasteiger partial charge on any atom is -0.497 e. The van der Waals surface area contributed by atoms with Crippen molar-refractivity contribution in [2.24, 2.45) is 0 Å². The van der Waals surface area contributed by atoms with Gasteiger partial charge in [-0.3, -0.25) is 14.6 Å². The summed E-state index contributed by atoms with van der Waals surface area (Å²) in [4.78, 5) is 27.4. The van der Waals surface area contributed by atoms with E-state index in [4.69, 9.17) is 9.47 Å². The van der Waals surface area contributed by atoms with Gasteiger partial charge in [0.25, 0.3) is 15.9 Å². The second-order valence-electron chi connectivity index (χ2n) is 6.48. The van der Waals surface area contributed by atoms with Crippen molar-refractivity contribution < 1.29 is 27.5 Å². The number of aromatic nitrogens is 1. The topological polar surface area (TPSA) is 112 Å². The van der Waals surface area contributed by atoms with Crippen molar-refractivity contribution in [2.45, 2.75) is 18.4 Å². The largest absolute Gasteiger partial charge is 0.497 e. The van der Waals surface area contributed by atoms with Crippen LogP contribution in [0.4, 0.5) is 0 Å². The summed E-state index contributed by atoms with van der Waals surface area (Å²) in [6.07, 6.45) is 1.22. The maximum absolute atomic E-state index is 13.1. The van der Waals surface area contributed by atoms with E-state index in [1.54, 1.807) is 36.4 Å². The first kappa shape index (κ1) is 22.0. The first-order valence-electron chi connectivity index (χ1n) is 9.19. The molecule has 9 heteroatoms. The molecule has 0 radical (unpaired) electrons. The third kappa shape index (κ3) is 5.46. The van der Waals surface area contributed by atoms with Crippen LogP contribution in [-0.2, 0) is 26.2 Å². The van der Waals surface area contributed by atoms with Gasteiger partial charge in [0.1, 0.15) is 12.4 Å². The average molecular weight is 440 g/mol. The molecule has 0 saturated carbocycles. The Bertz CT molecular complexity index is 1190. The van der Waals surface area contributed by atoms with Gasteiger partial charge in [-0.25, -0.2) is 13.1 Å². The molecule has 0 spiro atoms. The summed E-state index contributed by atoms with van der Waals surface area (Å²) in [6.45, 7) is 1.23. The molecule has 1 amide bonds. The number of ether oxygens (including phenoxy) is 2. The quantitative estimate of drug-likeness (QED) is 0.562. The number of carbonyl (C=O) groups excluding carboxylic acids is 2. The predicted molar refractivity (Wildman–Crippen MR) is 113 cm³/mol. The Labute approximate surface area is 179 Å². The minimum absolute atomic E-state index is 0.0410. The molecule has 3 aromatic rings. The number of hydrogen-bond donors (Lipinski definition) is 1. The summed E-state index contributed by atoms with van der Waals surface area (Å²) < 4.78 is 38.2. The van der Waals surface area contributed by atoms with Crippen LogP contribution in [0.2, 0.25) is 0 Å². The lowest BCUT2D eigenvalue weighted by Crippen LogP contribution is -2.31. The van der Waals surface area contributed by atoms with Crippen molar-refractivity contribution in [3.63, 3.8) is 0 Å². The first-order valence-corrected chi connectivity index (χ1v) is 10.7. The standard InChI is InChI=1S/C22H20N2O6S/c1-15(25)30-14-18-9-8-17(13-23-18)22(26)24-31(27,28)21-12-19(29-2)10-11-20(21)16-6-4-3-5-7-16/h3-13H,14H2,1-2H3,(H,24,26). The Morgan fingerprint density at radius 3 is 2.39 bits per heavy atom. The lowest BCUT2D eigenvalue weighted by atomic mass is 10.1. The highest BCUT2D eigenvalue weighted by atomic mass is 32.2. The minimum atomic E-state index is -4.23. The zero-order valence-corrected chi connectivity index (χ0v) is 17.7. The van der Waals surface area contributed by atoms with Crippen LogP contribution in [0.3, 0.4) is 0 Å². The molecule has 8 nitrogen and oxygen atoms in total. The van der Waals surface area contributed by atoms with Crippen molar-refractivity contribution in [3.05, 3.63) is 78.1 Å². The Kier molecular flexibility index (Phi) is 6.66. The Balaban J connectivity index is 1.88. The zero-order chi connectivity index (χ0) is 22.4. The summed E-state index contributed by atoms with van der Waals surface area (Å²) in [6, 6.07) is 16.5. The summed E-state index contributed by atoms with van der Waals surface area (Å²) in [5, 5.41) is 0. The molecule has 0 fully saturated rings. The molecule has 0 aliphatic carbocycles. The van der Waals surface area contributed by atoms with Gasteiger partial charge in [-0.1, -0.05) is 30.3 Å². The smallest absolute Gasteiger partial charge is 0.303 e. The Morgan fingerprint density at radius 1 is 1.03 bits per heavy atom. The van der Waals surface area contributed by atoms with E-state index in [2.05, 4.69) is 9.71 Å². The molecule has 1 aromatic heterocycles. The van der Waals surface area contributed by atoms with Crippen molar-refractivity contribution in [2.75, 3.05) is 7.11 Å². The van der Waals surface area contributed by atoms with E-state index in [-0.39, 0.29) is 17.1 Å². The van der Waals surface area contributed by atoms with Gasteiger partial charge in [-0.2, -0.15) is 0 Å². The number of methoxy groups -OCH3 is 1. The van der Waals surface area contributed by atoms with Crippen LogP contribution in [-0.4, -0.2) is 32.4 Å². The summed E-state index contributed by atoms with van der Waals surface area (Å²) in [5.74, 6) is -0.959. The molecule has 0 atom stereocenters. The maximum Gasteiger partial charge on any atom is 0.303 e. The molecule has 0 bridgehead atoms. The second kappa shape index (κ2) is 9.40. The van der Waals surface area contributed by atoms with E-state index in [9.17, 15) is 18.0 Å². The van der Waals surface area contributed by atoms with E-state index in [0.29, 0.717) is 22.6 Å². The Hall–Kier alpha value is -3.72. The van der Waals surface area contributed by atoms with Gasteiger partial charge in [0.15, 0.2) is 0 Å². The predicted octanol–water partition coefficient (Wildman–Crippen LogP) is 2.94. The summed E-state index contributed by atoms with van der Waals surface area (Å²) in [7, 11) is -2.80. The lowest BCUT2D eigenvalue weighted by molar-refractivity contribution is -0.142. The second-order valence-corrected chi connectivity index (χ2v) is 8.13. The summed E-state index contributed by atoms with van der Waals surface area (Å²) >= 11 is 0. The summed E-state index contributed by atoms with van der Waals surface area (Å²) in [5.41, 5.74) is 1.57. The number of carbonyl (C=O) groups is 2. The fourth-order valence-electron chi connectivity index (χ4n) is 2.76. The van der Waals surface area contributed by atoms with E-state index in [0.717, 1.165) is 0 Å². The van der Waals surface area contributed by atoms with Crippen LogP contribution in [0, 0.1) is 0 Å².